The smallest absolute Gasteiger partial charge is 0.342 e. The molecule has 0 aliphatic heterocycles. The zero-order valence-electron chi connectivity index (χ0n) is 14.9. The summed E-state index contributed by atoms with van der Waals surface area (Å²) < 4.78 is 59.3. The molecule has 152 valence electrons. The Morgan fingerprint density at radius 3 is 2.33 bits per heavy atom. The molecule has 2 aromatic carbocycles. The number of rotatable bonds is 4. The molecule has 0 spiro atoms. The van der Waals surface area contributed by atoms with Crippen LogP contribution in [0.4, 0.5) is 23.2 Å². The fourth-order valence-corrected chi connectivity index (χ4v) is 2.76. The molecule has 11 heteroatoms. The molecule has 0 aliphatic carbocycles. The molecule has 30 heavy (non-hydrogen) atoms. The van der Waals surface area contributed by atoms with Crippen molar-refractivity contribution in [2.45, 2.75) is 6.18 Å². The Hall–Kier alpha value is -4.02. The normalized spacial score (nSPS) is 11.5. The molecule has 0 atom stereocenters. The number of carbonyl (C=O) groups excluding carboxylic acids is 1. The zero-order valence-corrected chi connectivity index (χ0v) is 14.9. The second-order valence-corrected chi connectivity index (χ2v) is 6.08. The highest BCUT2D eigenvalue weighted by atomic mass is 19.4. The van der Waals surface area contributed by atoms with Crippen LogP contribution in [0, 0.1) is 5.82 Å². The minimum atomic E-state index is -4.87. The second-order valence-electron chi connectivity index (χ2n) is 6.08. The van der Waals surface area contributed by atoms with Crippen LogP contribution in [-0.4, -0.2) is 25.8 Å². The molecule has 2 aromatic heterocycles. The summed E-state index contributed by atoms with van der Waals surface area (Å²) in [5.41, 5.74) is -1.12. The van der Waals surface area contributed by atoms with Crippen molar-refractivity contribution in [3.63, 3.8) is 0 Å². The minimum Gasteiger partial charge on any atom is -0.342 e. The van der Waals surface area contributed by atoms with Crippen molar-refractivity contribution in [3.05, 3.63) is 78.2 Å². The summed E-state index contributed by atoms with van der Waals surface area (Å²) >= 11 is 0. The Balaban J connectivity index is 1.63. The van der Waals surface area contributed by atoms with Crippen molar-refractivity contribution in [3.8, 4) is 17.1 Å². The van der Waals surface area contributed by atoms with Gasteiger partial charge in [0.1, 0.15) is 5.82 Å². The molecular weight excluding hydrogens is 406 g/mol. The van der Waals surface area contributed by atoms with Crippen molar-refractivity contribution < 1.29 is 26.9 Å². The fraction of sp³-hybridized carbons (Fsp3) is 0.0526. The lowest BCUT2D eigenvalue weighted by atomic mass is 10.1. The van der Waals surface area contributed by atoms with Crippen LogP contribution in [0.1, 0.15) is 16.1 Å². The number of anilines is 1. The van der Waals surface area contributed by atoms with E-state index >= 15 is 0 Å². The minimum absolute atomic E-state index is 0.0350. The third-order valence-corrected chi connectivity index (χ3v) is 4.12. The van der Waals surface area contributed by atoms with E-state index in [0.29, 0.717) is 16.1 Å². The molecule has 0 fully saturated rings. The number of aromatic nitrogens is 4. The molecule has 2 heterocycles. The first-order valence-electron chi connectivity index (χ1n) is 8.42. The van der Waals surface area contributed by atoms with E-state index in [4.69, 9.17) is 0 Å². The molecule has 1 amide bonds. The van der Waals surface area contributed by atoms with Crippen LogP contribution in [0.2, 0.25) is 0 Å². The van der Waals surface area contributed by atoms with Gasteiger partial charge in [0.25, 0.3) is 5.91 Å². The highest BCUT2D eigenvalue weighted by molar-refractivity contribution is 6.05. The van der Waals surface area contributed by atoms with Gasteiger partial charge in [-0.3, -0.25) is 4.79 Å². The van der Waals surface area contributed by atoms with Crippen molar-refractivity contribution in [1.29, 1.82) is 0 Å². The maximum Gasteiger partial charge on any atom is 0.434 e. The average Bonchev–Trinajstić information content (AvgIpc) is 3.39. The van der Waals surface area contributed by atoms with E-state index in [0.717, 1.165) is 36.9 Å². The van der Waals surface area contributed by atoms with Crippen LogP contribution in [0.15, 0.2) is 65.6 Å². The first-order valence-corrected chi connectivity index (χ1v) is 8.42. The molecule has 0 radical (unpaired) electrons. The van der Waals surface area contributed by atoms with E-state index in [1.807, 2.05) is 0 Å². The lowest BCUT2D eigenvalue weighted by Crippen LogP contribution is -2.20. The molecule has 0 unspecified atom stereocenters. The standard InChI is InChI=1S/C19H11F4N5O2/c20-12-3-7-14(8-4-12)28-16(19(21,22)23)15(9-25-28)18(29)26-13-5-1-11(2-6-13)17-24-10-30-27-17/h1-10H,(H,26,29). The Kier molecular flexibility index (Phi) is 4.78. The number of carbonyl (C=O) groups is 1. The molecule has 0 bridgehead atoms. The van der Waals surface area contributed by atoms with Gasteiger partial charge in [-0.25, -0.2) is 9.07 Å². The number of nitrogens with one attached hydrogen (secondary N) is 1. The van der Waals surface area contributed by atoms with Gasteiger partial charge < -0.3 is 9.84 Å². The van der Waals surface area contributed by atoms with Crippen LogP contribution in [0.25, 0.3) is 17.1 Å². The quantitative estimate of drug-likeness (QED) is 0.500. The van der Waals surface area contributed by atoms with Gasteiger partial charge in [0.15, 0.2) is 5.69 Å². The Bertz CT molecular complexity index is 1170. The van der Waals surface area contributed by atoms with E-state index in [9.17, 15) is 22.4 Å². The van der Waals surface area contributed by atoms with Gasteiger partial charge >= 0.3 is 6.18 Å². The van der Waals surface area contributed by atoms with Gasteiger partial charge in [0, 0.05) is 11.3 Å². The number of benzene rings is 2. The van der Waals surface area contributed by atoms with Crippen LogP contribution in [-0.2, 0) is 6.18 Å². The number of hydrogen-bond acceptors (Lipinski definition) is 5. The third-order valence-electron chi connectivity index (χ3n) is 4.12. The average molecular weight is 417 g/mol. The monoisotopic (exact) mass is 417 g/mol. The van der Waals surface area contributed by atoms with Crippen molar-refractivity contribution in [1.82, 2.24) is 19.9 Å². The fourth-order valence-electron chi connectivity index (χ4n) is 2.76. The van der Waals surface area contributed by atoms with Gasteiger partial charge in [0.2, 0.25) is 12.2 Å². The number of hydrogen-bond donors (Lipinski definition) is 1. The van der Waals surface area contributed by atoms with Gasteiger partial charge in [-0.05, 0) is 48.5 Å². The maximum absolute atomic E-state index is 13.7. The zero-order chi connectivity index (χ0) is 21.3. The van der Waals surface area contributed by atoms with Crippen LogP contribution < -0.4 is 5.32 Å². The summed E-state index contributed by atoms with van der Waals surface area (Å²) in [7, 11) is 0. The van der Waals surface area contributed by atoms with Gasteiger partial charge in [-0.15, -0.1) is 0 Å². The van der Waals surface area contributed by atoms with Gasteiger partial charge in [-0.2, -0.15) is 23.3 Å². The summed E-state index contributed by atoms with van der Waals surface area (Å²) in [6, 6.07) is 10.4. The van der Waals surface area contributed by atoms with Crippen molar-refractivity contribution >= 4 is 11.6 Å². The highest BCUT2D eigenvalue weighted by Gasteiger charge is 2.40. The van der Waals surface area contributed by atoms with E-state index < -0.39 is 29.2 Å². The summed E-state index contributed by atoms with van der Waals surface area (Å²) in [5.74, 6) is -1.28. The first kappa shape index (κ1) is 19.3. The maximum atomic E-state index is 13.7. The molecule has 4 aromatic rings. The summed E-state index contributed by atoms with van der Waals surface area (Å²) in [5, 5.41) is 9.75. The predicted octanol–water partition coefficient (Wildman–Crippen LogP) is 4.33. The van der Waals surface area contributed by atoms with E-state index in [-0.39, 0.29) is 11.4 Å². The lowest BCUT2D eigenvalue weighted by molar-refractivity contribution is -0.143. The highest BCUT2D eigenvalue weighted by Crippen LogP contribution is 2.34. The Labute approximate surface area is 165 Å². The number of amides is 1. The number of nitrogens with zero attached hydrogens (tertiary/aromatic N) is 4. The molecular formula is C19H11F4N5O2. The lowest BCUT2D eigenvalue weighted by Gasteiger charge is -2.13. The largest absolute Gasteiger partial charge is 0.434 e. The van der Waals surface area contributed by atoms with Crippen molar-refractivity contribution in [2.24, 2.45) is 0 Å². The molecule has 1 N–H and O–H groups in total. The molecule has 0 aliphatic rings. The summed E-state index contributed by atoms with van der Waals surface area (Å²) in [6.45, 7) is 0. The van der Waals surface area contributed by atoms with Crippen LogP contribution in [0.5, 0.6) is 0 Å². The van der Waals surface area contributed by atoms with E-state index in [1.165, 1.54) is 12.1 Å². The molecule has 7 nitrogen and oxygen atoms in total. The SMILES string of the molecule is O=C(Nc1ccc(-c2ncon2)cc1)c1cnn(-c2ccc(F)cc2)c1C(F)(F)F. The van der Waals surface area contributed by atoms with Crippen LogP contribution in [0.3, 0.4) is 0 Å². The molecule has 0 saturated carbocycles. The Morgan fingerprint density at radius 2 is 1.73 bits per heavy atom. The van der Waals surface area contributed by atoms with Crippen LogP contribution >= 0.6 is 0 Å². The second kappa shape index (κ2) is 7.43. The first-order chi connectivity index (χ1) is 14.3. The van der Waals surface area contributed by atoms with Gasteiger partial charge in [-0.1, -0.05) is 5.16 Å². The van der Waals surface area contributed by atoms with E-state index in [1.54, 1.807) is 12.1 Å². The molecule has 4 rings (SSSR count). The Morgan fingerprint density at radius 1 is 1.03 bits per heavy atom. The van der Waals surface area contributed by atoms with E-state index in [2.05, 4.69) is 25.1 Å². The topological polar surface area (TPSA) is 85.8 Å². The number of halogens is 4. The molecule has 0 saturated heterocycles. The van der Waals surface area contributed by atoms with Gasteiger partial charge in [0.05, 0.1) is 17.4 Å². The third kappa shape index (κ3) is 3.77. The summed E-state index contributed by atoms with van der Waals surface area (Å²) in [4.78, 5) is 16.4. The number of alkyl halides is 3. The predicted molar refractivity (Wildman–Crippen MR) is 96.2 cm³/mol. The van der Waals surface area contributed by atoms with Crippen molar-refractivity contribution in [2.75, 3.05) is 5.32 Å². The summed E-state index contributed by atoms with van der Waals surface area (Å²) in [6.07, 6.45) is -2.91.